The van der Waals surface area contributed by atoms with Crippen LogP contribution in [0.1, 0.15) is 15.9 Å². The Kier molecular flexibility index (Phi) is 5.99. The van der Waals surface area contributed by atoms with Gasteiger partial charge >= 0.3 is 12.1 Å². The Bertz CT molecular complexity index is 1160. The Morgan fingerprint density at radius 1 is 1.03 bits per heavy atom. The Balaban J connectivity index is 1.99. The maximum atomic E-state index is 13.5. The molecule has 12 heteroatoms. The molecule has 2 heterocycles. The van der Waals surface area contributed by atoms with Crippen molar-refractivity contribution in [3.05, 3.63) is 59.9 Å². The molecule has 3 aromatic rings. The van der Waals surface area contributed by atoms with Gasteiger partial charge in [-0.2, -0.15) is 18.2 Å². The second kappa shape index (κ2) is 8.35. The van der Waals surface area contributed by atoms with E-state index in [0.29, 0.717) is 11.5 Å². The molecule has 3 rings (SSSR count). The number of carboxylic acid groups (broad SMARTS) is 1. The van der Waals surface area contributed by atoms with E-state index in [1.165, 1.54) is 31.5 Å². The summed E-state index contributed by atoms with van der Waals surface area (Å²) in [5.74, 6) is -1.75. The molecule has 0 radical (unpaired) electrons. The largest absolute Gasteiger partial charge is 0.478 e. The highest BCUT2D eigenvalue weighted by Gasteiger charge is 2.35. The lowest BCUT2D eigenvalue weighted by Gasteiger charge is -2.18. The fraction of sp³-hybridized carbons (Fsp3) is 0.158. The van der Waals surface area contributed by atoms with Gasteiger partial charge in [0.05, 0.1) is 11.3 Å². The van der Waals surface area contributed by atoms with Crippen LogP contribution < -0.4 is 15.9 Å². The van der Waals surface area contributed by atoms with E-state index in [9.17, 15) is 22.5 Å². The van der Waals surface area contributed by atoms with Crippen molar-refractivity contribution in [3.8, 4) is 0 Å². The van der Waals surface area contributed by atoms with Crippen LogP contribution in [0, 0.1) is 0 Å². The van der Waals surface area contributed by atoms with Gasteiger partial charge in [0.15, 0.2) is 0 Å². The standard InChI is InChI=1S/C19H17F3N5O3P/c1-31(2,30)14-6-4-3-5-13(14)25-16-12(19(20,21)22)10-24-18(27-16)26-15-8-7-11(9-23-15)17(28)29/h3-10H,1-2H3,(H,28,29)(H2,23,24,25,26,27). The molecule has 0 unspecified atom stereocenters. The lowest BCUT2D eigenvalue weighted by atomic mass is 10.2. The molecule has 0 aliphatic heterocycles. The second-order valence-corrected chi connectivity index (χ2v) is 9.99. The summed E-state index contributed by atoms with van der Waals surface area (Å²) in [7, 11) is -2.79. The van der Waals surface area contributed by atoms with Crippen molar-refractivity contribution in [2.24, 2.45) is 0 Å². The van der Waals surface area contributed by atoms with Crippen molar-refractivity contribution in [1.29, 1.82) is 0 Å². The lowest BCUT2D eigenvalue weighted by molar-refractivity contribution is -0.137. The molecule has 0 saturated heterocycles. The van der Waals surface area contributed by atoms with E-state index in [1.807, 2.05) is 0 Å². The summed E-state index contributed by atoms with van der Waals surface area (Å²) in [6, 6.07) is 8.93. The van der Waals surface area contributed by atoms with Crippen LogP contribution >= 0.6 is 7.14 Å². The first-order valence-corrected chi connectivity index (χ1v) is 11.4. The number of carbonyl (C=O) groups is 1. The van der Waals surface area contributed by atoms with Crippen molar-refractivity contribution >= 4 is 41.7 Å². The predicted molar refractivity (Wildman–Crippen MR) is 110 cm³/mol. The normalized spacial score (nSPS) is 11.8. The van der Waals surface area contributed by atoms with Gasteiger partial charge in [0.1, 0.15) is 24.3 Å². The molecule has 3 N–H and O–H groups in total. The van der Waals surface area contributed by atoms with E-state index in [2.05, 4.69) is 25.6 Å². The summed E-state index contributed by atoms with van der Waals surface area (Å²) < 4.78 is 53.0. The highest BCUT2D eigenvalue weighted by atomic mass is 31.2. The number of rotatable bonds is 6. The first-order chi connectivity index (χ1) is 14.4. The third kappa shape index (κ3) is 5.37. The van der Waals surface area contributed by atoms with E-state index < -0.39 is 30.7 Å². The molecule has 0 spiro atoms. The van der Waals surface area contributed by atoms with Crippen molar-refractivity contribution in [2.75, 3.05) is 24.0 Å². The van der Waals surface area contributed by atoms with E-state index in [-0.39, 0.29) is 23.0 Å². The van der Waals surface area contributed by atoms with Crippen molar-refractivity contribution in [2.45, 2.75) is 6.18 Å². The number of nitrogens with zero attached hydrogens (tertiary/aromatic N) is 3. The number of benzene rings is 1. The molecule has 0 amide bonds. The summed E-state index contributed by atoms with van der Waals surface area (Å²) in [5.41, 5.74) is -0.930. The van der Waals surface area contributed by atoms with Crippen molar-refractivity contribution in [3.63, 3.8) is 0 Å². The fourth-order valence-corrected chi connectivity index (χ4v) is 3.79. The van der Waals surface area contributed by atoms with Gasteiger partial charge in [-0.3, -0.25) is 0 Å². The number of aromatic carboxylic acids is 1. The molecule has 162 valence electrons. The minimum absolute atomic E-state index is 0.0542. The first kappa shape index (κ1) is 22.2. The van der Waals surface area contributed by atoms with Gasteiger partial charge in [-0.15, -0.1) is 0 Å². The topological polar surface area (TPSA) is 117 Å². The Labute approximate surface area is 175 Å². The van der Waals surface area contributed by atoms with Gasteiger partial charge in [-0.1, -0.05) is 12.1 Å². The summed E-state index contributed by atoms with van der Waals surface area (Å²) in [6.07, 6.45) is -3.03. The van der Waals surface area contributed by atoms with Crippen LogP contribution in [0.2, 0.25) is 0 Å². The molecular formula is C19H17F3N5O3P. The summed E-state index contributed by atoms with van der Waals surface area (Å²) >= 11 is 0. The van der Waals surface area contributed by atoms with E-state index in [0.717, 1.165) is 6.20 Å². The fourth-order valence-electron chi connectivity index (χ4n) is 2.63. The smallest absolute Gasteiger partial charge is 0.421 e. The molecule has 0 aliphatic carbocycles. The first-order valence-electron chi connectivity index (χ1n) is 8.77. The van der Waals surface area contributed by atoms with Gasteiger partial charge in [0.25, 0.3) is 0 Å². The molecular weight excluding hydrogens is 434 g/mol. The Morgan fingerprint density at radius 2 is 1.74 bits per heavy atom. The summed E-state index contributed by atoms with van der Waals surface area (Å²) in [5, 5.41) is 14.5. The average molecular weight is 451 g/mol. The van der Waals surface area contributed by atoms with E-state index in [1.54, 1.807) is 18.2 Å². The average Bonchev–Trinajstić information content (AvgIpc) is 2.67. The number of hydrogen-bond donors (Lipinski definition) is 3. The molecule has 0 bridgehead atoms. The molecule has 31 heavy (non-hydrogen) atoms. The molecule has 2 aromatic heterocycles. The number of pyridine rings is 1. The van der Waals surface area contributed by atoms with Gasteiger partial charge in [0, 0.05) is 17.7 Å². The molecule has 0 atom stereocenters. The number of halogens is 3. The predicted octanol–water partition coefficient (Wildman–Crippen LogP) is 4.32. The maximum Gasteiger partial charge on any atom is 0.421 e. The minimum Gasteiger partial charge on any atom is -0.478 e. The summed E-state index contributed by atoms with van der Waals surface area (Å²) in [6.45, 7) is 3.02. The zero-order chi connectivity index (χ0) is 22.8. The zero-order valence-corrected chi connectivity index (χ0v) is 17.2. The number of alkyl halides is 3. The van der Waals surface area contributed by atoms with Crippen LogP contribution in [-0.2, 0) is 10.7 Å². The van der Waals surface area contributed by atoms with E-state index in [4.69, 9.17) is 5.11 Å². The van der Waals surface area contributed by atoms with Gasteiger partial charge in [0.2, 0.25) is 5.95 Å². The van der Waals surface area contributed by atoms with Crippen LogP contribution in [0.15, 0.2) is 48.8 Å². The van der Waals surface area contributed by atoms with E-state index >= 15 is 0 Å². The van der Waals surface area contributed by atoms with Crippen LogP contribution in [0.3, 0.4) is 0 Å². The quantitative estimate of drug-likeness (QED) is 0.475. The third-order valence-electron chi connectivity index (χ3n) is 4.08. The number of carboxylic acids is 1. The molecule has 0 aliphatic rings. The second-order valence-electron chi connectivity index (χ2n) is 6.81. The van der Waals surface area contributed by atoms with Gasteiger partial charge < -0.3 is 20.3 Å². The number of nitrogens with one attached hydrogen (secondary N) is 2. The molecule has 0 fully saturated rings. The molecule has 0 saturated carbocycles. The SMILES string of the molecule is CP(C)(=O)c1ccccc1Nc1nc(Nc2ccc(C(=O)O)cn2)ncc1C(F)(F)F. The molecule has 1 aromatic carbocycles. The number of aromatic nitrogens is 3. The van der Waals surface area contributed by atoms with Crippen LogP contribution in [0.25, 0.3) is 0 Å². The van der Waals surface area contributed by atoms with Crippen LogP contribution in [-0.4, -0.2) is 39.4 Å². The monoisotopic (exact) mass is 451 g/mol. The zero-order valence-electron chi connectivity index (χ0n) is 16.3. The highest BCUT2D eigenvalue weighted by Crippen LogP contribution is 2.40. The maximum absolute atomic E-state index is 13.5. The van der Waals surface area contributed by atoms with Crippen molar-refractivity contribution in [1.82, 2.24) is 15.0 Å². The minimum atomic E-state index is -4.74. The van der Waals surface area contributed by atoms with Crippen LogP contribution in [0.4, 0.5) is 36.4 Å². The Morgan fingerprint density at radius 3 is 2.32 bits per heavy atom. The molecule has 8 nitrogen and oxygen atoms in total. The Hall–Kier alpha value is -3.46. The van der Waals surface area contributed by atoms with Gasteiger partial charge in [-0.05, 0) is 37.6 Å². The number of anilines is 4. The van der Waals surface area contributed by atoms with Crippen LogP contribution in [0.5, 0.6) is 0 Å². The third-order valence-corrected chi connectivity index (χ3v) is 5.63. The summed E-state index contributed by atoms with van der Waals surface area (Å²) in [4.78, 5) is 22.4. The number of para-hydroxylation sites is 1. The van der Waals surface area contributed by atoms with Gasteiger partial charge in [-0.25, -0.2) is 14.8 Å². The number of hydrogen-bond acceptors (Lipinski definition) is 7. The highest BCUT2D eigenvalue weighted by molar-refractivity contribution is 7.70. The lowest BCUT2D eigenvalue weighted by Crippen LogP contribution is -2.16. The van der Waals surface area contributed by atoms with Crippen molar-refractivity contribution < 1.29 is 27.6 Å².